The topological polar surface area (TPSA) is 562 Å². The number of carbonyl (C=O) groups is 7. The minimum Gasteiger partial charge on any atom is -0.394 e. The van der Waals surface area contributed by atoms with Gasteiger partial charge in [-0.2, -0.15) is 0 Å². The summed E-state index contributed by atoms with van der Waals surface area (Å²) in [6.45, 7) is 5.21. The molecule has 3 fully saturated rings. The van der Waals surface area contributed by atoms with E-state index >= 15 is 0 Å². The fraction of sp³-hybridized carbons (Fsp3) is 0.894. The summed E-state index contributed by atoms with van der Waals surface area (Å²) in [5, 5.41) is 109. The van der Waals surface area contributed by atoms with Crippen molar-refractivity contribution in [3.05, 3.63) is 0 Å². The number of phosphoric acid groups is 1. The molecule has 624 valence electrons. The van der Waals surface area contributed by atoms with E-state index in [4.69, 9.17) is 66.1 Å². The molecule has 18 atom stereocenters. The number of rotatable bonds is 62. The molecule has 41 heteroatoms. The average molecular weight is 1570 g/mol. The van der Waals surface area contributed by atoms with Gasteiger partial charge in [-0.25, -0.2) is 4.57 Å². The summed E-state index contributed by atoms with van der Waals surface area (Å²) in [7, 11) is -2.91. The molecule has 7 amide bonds. The SMILES string of the molecule is COP(=O)(O)OCCCCCNC(=O)CCOCCOCCOCCOCCNC(=O)[C@H](CCCCNC(=O)CCOCCOC1OC(CO)C(O)C(O)C1NC(C)=O)NC(=O)[C@H](CCCCNC(=O)CCOCCOC1OC(CO)C(O)C(O)C1C)NC(=O)CCOCCOC1OC(CO)C(O)C(O)C1C. The lowest BCUT2D eigenvalue weighted by molar-refractivity contribution is -0.284. The summed E-state index contributed by atoms with van der Waals surface area (Å²) in [6.07, 6.45) is -11.0. The average Bonchev–Trinajstić information content (AvgIpc) is 0.831. The first-order valence-electron chi connectivity index (χ1n) is 36.6. The van der Waals surface area contributed by atoms with Gasteiger partial charge in [-0.3, -0.25) is 42.6 Å². The first-order chi connectivity index (χ1) is 51.4. The predicted molar refractivity (Wildman–Crippen MR) is 372 cm³/mol. The Morgan fingerprint density at radius 3 is 1.19 bits per heavy atom. The number of nitrogens with one attached hydrogen (secondary N) is 7. The molecule has 3 heterocycles. The van der Waals surface area contributed by atoms with Crippen molar-refractivity contribution in [2.45, 2.75) is 196 Å². The monoisotopic (exact) mass is 1570 g/mol. The predicted octanol–water partition coefficient (Wildman–Crippen LogP) is -5.48. The van der Waals surface area contributed by atoms with Crippen molar-refractivity contribution < 1.29 is 160 Å². The van der Waals surface area contributed by atoms with Gasteiger partial charge in [0.2, 0.25) is 41.4 Å². The number of phosphoric ester groups is 1. The minimum absolute atomic E-state index is 0.00329. The molecule has 17 N–H and O–H groups in total. The van der Waals surface area contributed by atoms with Crippen LogP contribution in [0.5, 0.6) is 0 Å². The van der Waals surface area contributed by atoms with E-state index in [-0.39, 0.29) is 195 Å². The molecule has 107 heavy (non-hydrogen) atoms. The van der Waals surface area contributed by atoms with Crippen LogP contribution in [0.4, 0.5) is 0 Å². The molecule has 0 spiro atoms. The molecule has 0 radical (unpaired) electrons. The summed E-state index contributed by atoms with van der Waals surface area (Å²) in [6, 6.07) is -3.46. The summed E-state index contributed by atoms with van der Waals surface area (Å²) in [5.41, 5.74) is 0. The maximum absolute atomic E-state index is 14.3. The molecule has 3 aliphatic rings. The highest BCUT2D eigenvalue weighted by molar-refractivity contribution is 7.47. The van der Waals surface area contributed by atoms with Crippen LogP contribution in [-0.2, 0) is 109 Å². The highest BCUT2D eigenvalue weighted by Gasteiger charge is 2.46. The number of aliphatic hydroxyl groups is 9. The third-order valence-electron chi connectivity index (χ3n) is 17.1. The summed E-state index contributed by atoms with van der Waals surface area (Å²) in [5.74, 6) is -4.44. The van der Waals surface area contributed by atoms with Crippen molar-refractivity contribution >= 4 is 49.2 Å². The van der Waals surface area contributed by atoms with Gasteiger partial charge in [-0.1, -0.05) is 13.8 Å². The Kier molecular flexibility index (Phi) is 52.0. The van der Waals surface area contributed by atoms with Crippen LogP contribution in [0.3, 0.4) is 0 Å². The fourth-order valence-electron chi connectivity index (χ4n) is 10.8. The zero-order valence-corrected chi connectivity index (χ0v) is 62.9. The number of aliphatic hydroxyl groups excluding tert-OH is 9. The Hall–Kier alpha value is -4.48. The third-order valence-corrected chi connectivity index (χ3v) is 18.1. The maximum atomic E-state index is 14.3. The van der Waals surface area contributed by atoms with Crippen LogP contribution in [0.2, 0.25) is 0 Å². The molecule has 0 aromatic carbocycles. The van der Waals surface area contributed by atoms with Gasteiger partial charge in [-0.15, -0.1) is 0 Å². The third kappa shape index (κ3) is 41.0. The van der Waals surface area contributed by atoms with Crippen LogP contribution >= 0.6 is 7.82 Å². The molecule has 3 aliphatic heterocycles. The Balaban J connectivity index is 1.52. The van der Waals surface area contributed by atoms with E-state index in [1.165, 1.54) is 6.92 Å². The number of unbranched alkanes of at least 4 members (excludes halogenated alkanes) is 4. The second-order valence-electron chi connectivity index (χ2n) is 25.5. The quantitative estimate of drug-likeness (QED) is 0.0200. The van der Waals surface area contributed by atoms with Crippen molar-refractivity contribution in [1.82, 2.24) is 37.2 Å². The maximum Gasteiger partial charge on any atom is 0.471 e. The van der Waals surface area contributed by atoms with Crippen molar-refractivity contribution in [3.63, 3.8) is 0 Å². The van der Waals surface area contributed by atoms with Crippen LogP contribution in [0.25, 0.3) is 0 Å². The van der Waals surface area contributed by atoms with Gasteiger partial charge >= 0.3 is 7.82 Å². The molecule has 3 rings (SSSR count). The van der Waals surface area contributed by atoms with E-state index in [2.05, 4.69) is 41.7 Å². The number of hydrogen-bond donors (Lipinski definition) is 17. The zero-order chi connectivity index (χ0) is 78.8. The summed E-state index contributed by atoms with van der Waals surface area (Å²) < 4.78 is 93.0. The lowest BCUT2D eigenvalue weighted by Gasteiger charge is -2.42. The van der Waals surface area contributed by atoms with E-state index in [0.717, 1.165) is 7.11 Å². The standard InChI is InChI=1S/C66H122N7O33P/c1-43-56(82)58(84)48(40-74)104-64(43)100-37-34-94-24-15-52(79)69-20-10-7-13-47(72-54(81)17-26-96-35-38-101-65-44(2)57(83)59(85)49(41-75)105-65)63(89)73-46(12-6-9-19-68-53(80)16-25-95-36-39-102-66-55(71-45(3)77)61(87)60(86)50(42-76)106-66)62(88)70-21-27-97-29-31-99-33-32-98-30-28-93-23-14-51(78)67-18-8-5-11-22-103-107(90,91)92-4/h43-44,46-50,55-61,64-66,74-76,82-87H,5-42H2,1-4H3,(H,67,78)(H,68,80)(H,69,79)(H,70,88)(H,71,77)(H,72,81)(H,73,89)(H,90,91)/t43?,44?,46-,47-,48?,49?,50?,55?,56?,57?,58?,59?,60?,61?,64?,65?,66?/m0/s1. The highest BCUT2D eigenvalue weighted by atomic mass is 31.2. The second kappa shape index (κ2) is 57.5. The van der Waals surface area contributed by atoms with Gasteiger partial charge in [-0.05, 0) is 57.8 Å². The van der Waals surface area contributed by atoms with Gasteiger partial charge < -0.3 is 150 Å². The number of amides is 7. The molecular weight excluding hydrogens is 1450 g/mol. The number of hydrogen-bond acceptors (Lipinski definition) is 32. The van der Waals surface area contributed by atoms with E-state index in [0.29, 0.717) is 51.5 Å². The first-order valence-corrected chi connectivity index (χ1v) is 38.1. The van der Waals surface area contributed by atoms with Crippen LogP contribution in [0, 0.1) is 11.8 Å². The van der Waals surface area contributed by atoms with Crippen LogP contribution in [0.15, 0.2) is 0 Å². The Labute approximate surface area is 624 Å². The van der Waals surface area contributed by atoms with Crippen molar-refractivity contribution in [2.75, 3.05) is 172 Å². The molecule has 3 saturated heterocycles. The zero-order valence-electron chi connectivity index (χ0n) is 62.0. The van der Waals surface area contributed by atoms with Crippen LogP contribution < -0.4 is 37.2 Å². The van der Waals surface area contributed by atoms with Gasteiger partial charge in [0.05, 0.1) is 151 Å². The summed E-state index contributed by atoms with van der Waals surface area (Å²) in [4.78, 5) is 100. The summed E-state index contributed by atoms with van der Waals surface area (Å²) >= 11 is 0. The molecule has 40 nitrogen and oxygen atoms in total. The smallest absolute Gasteiger partial charge is 0.394 e. The Morgan fingerprint density at radius 1 is 0.402 bits per heavy atom. The first kappa shape index (κ1) is 96.7. The number of carbonyl (C=O) groups excluding carboxylic acids is 7. The van der Waals surface area contributed by atoms with Gasteiger partial charge in [0.1, 0.15) is 60.9 Å². The van der Waals surface area contributed by atoms with Crippen molar-refractivity contribution in [1.29, 1.82) is 0 Å². The van der Waals surface area contributed by atoms with Crippen molar-refractivity contribution in [3.8, 4) is 0 Å². The van der Waals surface area contributed by atoms with Crippen LogP contribution in [-0.4, -0.2) is 356 Å². The Morgan fingerprint density at radius 2 is 0.766 bits per heavy atom. The van der Waals surface area contributed by atoms with E-state index in [9.17, 15) is 89.0 Å². The van der Waals surface area contributed by atoms with Gasteiger partial charge in [0.15, 0.2) is 18.9 Å². The van der Waals surface area contributed by atoms with E-state index in [1.54, 1.807) is 13.8 Å². The van der Waals surface area contributed by atoms with Gasteiger partial charge in [0, 0.05) is 77.7 Å². The van der Waals surface area contributed by atoms with E-state index < -0.39 is 155 Å². The lowest BCUT2D eigenvalue weighted by Crippen LogP contribution is -2.64. The molecule has 0 bridgehead atoms. The normalized spacial score (nSPS) is 25.6. The molecule has 0 aliphatic carbocycles. The van der Waals surface area contributed by atoms with Crippen LogP contribution in [0.1, 0.15) is 104 Å². The number of ether oxygens (including phenoxy) is 13. The Bertz CT molecular complexity index is 2490. The lowest BCUT2D eigenvalue weighted by atomic mass is 9.92. The molecule has 0 saturated carbocycles. The molecule has 0 aromatic heterocycles. The molecule has 16 unspecified atom stereocenters. The minimum atomic E-state index is -4.00. The highest BCUT2D eigenvalue weighted by Crippen LogP contribution is 2.42. The fourth-order valence-corrected chi connectivity index (χ4v) is 11.3. The molecular formula is C66H122N7O33P. The van der Waals surface area contributed by atoms with E-state index in [1.807, 2.05) is 0 Å². The second-order valence-corrected chi connectivity index (χ2v) is 27.1. The van der Waals surface area contributed by atoms with Gasteiger partial charge in [0.25, 0.3) is 0 Å². The molecule has 0 aromatic rings. The largest absolute Gasteiger partial charge is 0.471 e. The van der Waals surface area contributed by atoms with Crippen molar-refractivity contribution in [2.24, 2.45) is 11.8 Å².